The van der Waals surface area contributed by atoms with Crippen molar-refractivity contribution in [2.45, 2.75) is 53.6 Å². The molecule has 0 saturated heterocycles. The molecule has 29 heavy (non-hydrogen) atoms. The average molecular weight is 401 g/mol. The van der Waals surface area contributed by atoms with Crippen LogP contribution in [0.3, 0.4) is 0 Å². The molecule has 1 aromatic carbocycles. The summed E-state index contributed by atoms with van der Waals surface area (Å²) in [4.78, 5) is 16.0. The highest BCUT2D eigenvalue weighted by Gasteiger charge is 2.26. The minimum absolute atomic E-state index is 0.324. The molecule has 0 amide bonds. The van der Waals surface area contributed by atoms with E-state index in [4.69, 9.17) is 0 Å². The highest BCUT2D eigenvalue weighted by molar-refractivity contribution is 5.83. The van der Waals surface area contributed by atoms with Crippen molar-refractivity contribution < 1.29 is 13.9 Å². The Morgan fingerprint density at radius 2 is 1.62 bits per heavy atom. The lowest BCUT2D eigenvalue weighted by Gasteiger charge is -2.43. The van der Waals surface area contributed by atoms with Crippen LogP contribution in [0.2, 0.25) is 0 Å². The molecule has 1 heterocycles. The molecule has 158 valence electrons. The van der Waals surface area contributed by atoms with Crippen LogP contribution in [0.15, 0.2) is 47.8 Å². The van der Waals surface area contributed by atoms with Crippen molar-refractivity contribution in [3.8, 4) is 0 Å². The van der Waals surface area contributed by atoms with E-state index in [0.29, 0.717) is 23.2 Å². The third-order valence-electron chi connectivity index (χ3n) is 5.25. The van der Waals surface area contributed by atoms with Crippen LogP contribution in [0.5, 0.6) is 0 Å². The molecule has 4 nitrogen and oxygen atoms in total. The number of halogens is 1. The molecule has 0 atom stereocenters. The third-order valence-corrected chi connectivity index (χ3v) is 5.25. The summed E-state index contributed by atoms with van der Waals surface area (Å²) < 4.78 is 19.4. The second-order valence-corrected chi connectivity index (χ2v) is 8.00. The standard InChI is InChI=1S/C24H33FN2O2/c1-16(2)26-12-13-27(17(3)4)23-15-20(9-11-22(23)26)19(6)21(25)10-8-18(5)14-24(28)29-7/h8-11,14-17H,12-13H2,1-7H3. The Labute approximate surface area is 174 Å². The van der Waals surface area contributed by atoms with Gasteiger partial charge in [0.15, 0.2) is 0 Å². The van der Waals surface area contributed by atoms with E-state index in [-0.39, 0.29) is 5.83 Å². The molecule has 1 aliphatic heterocycles. The zero-order chi connectivity index (χ0) is 21.7. The lowest BCUT2D eigenvalue weighted by molar-refractivity contribution is -0.134. The van der Waals surface area contributed by atoms with Crippen LogP contribution in [0.4, 0.5) is 15.8 Å². The largest absolute Gasteiger partial charge is 0.466 e. The van der Waals surface area contributed by atoms with Gasteiger partial charge in [-0.05, 0) is 76.5 Å². The zero-order valence-electron chi connectivity index (χ0n) is 18.6. The summed E-state index contributed by atoms with van der Waals surface area (Å²) in [6, 6.07) is 6.96. The maximum Gasteiger partial charge on any atom is 0.330 e. The molecule has 0 saturated carbocycles. The van der Waals surface area contributed by atoms with Gasteiger partial charge in [0.05, 0.1) is 18.5 Å². The number of fused-ring (bicyclic) bond motifs is 1. The van der Waals surface area contributed by atoms with Gasteiger partial charge in [-0.3, -0.25) is 0 Å². The van der Waals surface area contributed by atoms with E-state index in [2.05, 4.69) is 54.4 Å². The van der Waals surface area contributed by atoms with Gasteiger partial charge < -0.3 is 14.5 Å². The molecule has 0 N–H and O–H groups in total. The van der Waals surface area contributed by atoms with Crippen molar-refractivity contribution in [3.05, 3.63) is 53.4 Å². The number of carbonyl (C=O) groups excluding carboxylic acids is 1. The van der Waals surface area contributed by atoms with Crippen LogP contribution >= 0.6 is 0 Å². The quantitative estimate of drug-likeness (QED) is 0.358. The summed E-state index contributed by atoms with van der Waals surface area (Å²) in [6.07, 6.45) is 4.30. The molecule has 0 aliphatic carbocycles. The second kappa shape index (κ2) is 9.77. The Hall–Kier alpha value is -2.56. The van der Waals surface area contributed by atoms with Gasteiger partial charge in [-0.1, -0.05) is 12.1 Å². The van der Waals surface area contributed by atoms with E-state index >= 15 is 0 Å². The Kier molecular flexibility index (Phi) is 7.66. The van der Waals surface area contributed by atoms with Gasteiger partial charge in [-0.2, -0.15) is 0 Å². The number of hydrogen-bond donors (Lipinski definition) is 0. The van der Waals surface area contributed by atoms with Crippen LogP contribution in [-0.4, -0.2) is 38.3 Å². The number of nitrogens with zero attached hydrogens (tertiary/aromatic N) is 2. The molecule has 0 unspecified atom stereocenters. The topological polar surface area (TPSA) is 32.8 Å². The first-order chi connectivity index (χ1) is 13.6. The molecule has 0 radical (unpaired) electrons. The Morgan fingerprint density at radius 1 is 1.03 bits per heavy atom. The van der Waals surface area contributed by atoms with Crippen LogP contribution in [0.25, 0.3) is 5.57 Å². The predicted molar refractivity (Wildman–Crippen MR) is 120 cm³/mol. The van der Waals surface area contributed by atoms with Crippen LogP contribution in [-0.2, 0) is 9.53 Å². The highest BCUT2D eigenvalue weighted by atomic mass is 19.1. The lowest BCUT2D eigenvalue weighted by atomic mass is 10.0. The normalized spacial score (nSPS) is 15.9. The number of anilines is 2. The van der Waals surface area contributed by atoms with Crippen LogP contribution < -0.4 is 9.80 Å². The fourth-order valence-corrected chi connectivity index (χ4v) is 3.52. The Balaban J connectivity index is 2.39. The number of hydrogen-bond acceptors (Lipinski definition) is 4. The molecule has 5 heteroatoms. The van der Waals surface area contributed by atoms with Crippen molar-refractivity contribution in [3.63, 3.8) is 0 Å². The van der Waals surface area contributed by atoms with E-state index < -0.39 is 5.97 Å². The fourth-order valence-electron chi connectivity index (χ4n) is 3.52. The fraction of sp³-hybridized carbons (Fsp3) is 0.458. The Bertz CT molecular complexity index is 837. The van der Waals surface area contributed by atoms with Gasteiger partial charge in [-0.15, -0.1) is 0 Å². The summed E-state index contributed by atoms with van der Waals surface area (Å²) in [5.74, 6) is -0.776. The maximum absolute atomic E-state index is 14.8. The highest BCUT2D eigenvalue weighted by Crippen LogP contribution is 2.38. The summed E-state index contributed by atoms with van der Waals surface area (Å²) in [6.45, 7) is 14.2. The molecule has 0 aromatic heterocycles. The number of ether oxygens (including phenoxy) is 1. The summed E-state index contributed by atoms with van der Waals surface area (Å²) in [5, 5.41) is 0. The van der Waals surface area contributed by atoms with E-state index in [9.17, 15) is 9.18 Å². The number of rotatable bonds is 6. The van der Waals surface area contributed by atoms with Crippen molar-refractivity contribution in [1.82, 2.24) is 0 Å². The zero-order valence-corrected chi connectivity index (χ0v) is 18.6. The number of benzene rings is 1. The molecular weight excluding hydrogens is 367 g/mol. The number of allylic oxidation sites excluding steroid dienone is 5. The van der Waals surface area contributed by atoms with E-state index in [1.54, 1.807) is 19.9 Å². The summed E-state index contributed by atoms with van der Waals surface area (Å²) >= 11 is 0. The molecule has 1 aliphatic rings. The molecule has 0 spiro atoms. The molecule has 0 fully saturated rings. The summed E-state index contributed by atoms with van der Waals surface area (Å²) in [7, 11) is 1.32. The minimum Gasteiger partial charge on any atom is -0.466 e. The van der Waals surface area contributed by atoms with Crippen molar-refractivity contribution in [1.29, 1.82) is 0 Å². The predicted octanol–water partition coefficient (Wildman–Crippen LogP) is 5.51. The van der Waals surface area contributed by atoms with E-state index in [0.717, 1.165) is 24.3 Å². The SMILES string of the molecule is COC(=O)C=C(C)C=CC(F)=C(C)c1ccc2c(c1)N(C(C)C)CCN2C(C)C. The monoisotopic (exact) mass is 400 g/mol. The summed E-state index contributed by atoms with van der Waals surface area (Å²) in [5.41, 5.74) is 4.40. The van der Waals surface area contributed by atoms with E-state index in [1.165, 1.54) is 24.9 Å². The first-order valence-corrected chi connectivity index (χ1v) is 10.1. The van der Waals surface area contributed by atoms with Crippen LogP contribution in [0.1, 0.15) is 47.1 Å². The van der Waals surface area contributed by atoms with Crippen molar-refractivity contribution in [2.75, 3.05) is 30.0 Å². The van der Waals surface area contributed by atoms with Gasteiger partial charge >= 0.3 is 5.97 Å². The van der Waals surface area contributed by atoms with Crippen molar-refractivity contribution in [2.24, 2.45) is 0 Å². The van der Waals surface area contributed by atoms with Gasteiger partial charge in [0.25, 0.3) is 0 Å². The molecule has 1 aromatic rings. The number of carbonyl (C=O) groups is 1. The maximum atomic E-state index is 14.8. The van der Waals surface area contributed by atoms with Gasteiger partial charge in [0, 0.05) is 31.2 Å². The molecular formula is C24H33FN2O2. The number of methoxy groups -OCH3 is 1. The second-order valence-electron chi connectivity index (χ2n) is 8.00. The lowest BCUT2D eigenvalue weighted by Crippen LogP contribution is -2.46. The molecule has 0 bridgehead atoms. The van der Waals surface area contributed by atoms with E-state index in [1.807, 2.05) is 6.07 Å². The third kappa shape index (κ3) is 5.49. The van der Waals surface area contributed by atoms with Crippen molar-refractivity contribution >= 4 is 22.9 Å². The molecule has 2 rings (SSSR count). The first-order valence-electron chi connectivity index (χ1n) is 10.1. The van der Waals surface area contributed by atoms with Gasteiger partial charge in [0.2, 0.25) is 0 Å². The number of esters is 1. The first kappa shape index (κ1) is 22.7. The average Bonchev–Trinajstić information content (AvgIpc) is 2.69. The van der Waals surface area contributed by atoms with Gasteiger partial charge in [-0.25, -0.2) is 9.18 Å². The minimum atomic E-state index is -0.452. The smallest absolute Gasteiger partial charge is 0.330 e. The van der Waals surface area contributed by atoms with Gasteiger partial charge in [0.1, 0.15) is 5.83 Å². The van der Waals surface area contributed by atoms with Crippen LogP contribution in [0, 0.1) is 0 Å². The Morgan fingerprint density at radius 3 is 2.17 bits per heavy atom.